The zero-order valence-corrected chi connectivity index (χ0v) is 16.1. The van der Waals surface area contributed by atoms with E-state index >= 15 is 0 Å². The Kier molecular flexibility index (Phi) is 5.23. The summed E-state index contributed by atoms with van der Waals surface area (Å²) >= 11 is 4.79. The van der Waals surface area contributed by atoms with Gasteiger partial charge in [0.15, 0.2) is 9.84 Å². The number of ether oxygens (including phenoxy) is 1. The molecule has 2 heterocycles. The zero-order valence-electron chi connectivity index (χ0n) is 12.8. The summed E-state index contributed by atoms with van der Waals surface area (Å²) in [6, 6.07) is 3.69. The predicted molar refractivity (Wildman–Crippen MR) is 91.0 cm³/mol. The molecule has 1 saturated heterocycles. The van der Waals surface area contributed by atoms with Crippen LogP contribution in [0.4, 0.5) is 4.79 Å². The van der Waals surface area contributed by atoms with Gasteiger partial charge in [-0.05, 0) is 55.3 Å². The molecule has 0 saturated carbocycles. The summed E-state index contributed by atoms with van der Waals surface area (Å²) in [7, 11) is -3.27. The molecule has 1 amide bonds. The van der Waals surface area contributed by atoms with Crippen LogP contribution in [0.25, 0.3) is 0 Å². The van der Waals surface area contributed by atoms with Crippen LogP contribution in [0, 0.1) is 0 Å². The Labute approximate surface area is 143 Å². The number of rotatable bonds is 1. The van der Waals surface area contributed by atoms with E-state index < -0.39 is 26.8 Å². The number of carbonyl (C=O) groups excluding carboxylic acids is 1. The number of hydrogen-bond acceptors (Lipinski definition) is 5. The Bertz CT molecular complexity index is 648. The third-order valence-electron chi connectivity index (χ3n) is 3.30. The highest BCUT2D eigenvalue weighted by Crippen LogP contribution is 2.36. The molecule has 0 aliphatic carbocycles. The first-order valence-corrected chi connectivity index (χ1v) is 10.4. The van der Waals surface area contributed by atoms with Gasteiger partial charge in [-0.15, -0.1) is 11.3 Å². The monoisotopic (exact) mass is 409 g/mol. The Morgan fingerprint density at radius 1 is 1.36 bits per heavy atom. The van der Waals surface area contributed by atoms with Crippen molar-refractivity contribution >= 4 is 43.2 Å². The van der Waals surface area contributed by atoms with Gasteiger partial charge in [-0.1, -0.05) is 0 Å². The quantitative estimate of drug-likeness (QED) is 0.710. The summed E-state index contributed by atoms with van der Waals surface area (Å²) in [5, 5.41) is -0.545. The van der Waals surface area contributed by atoms with Gasteiger partial charge >= 0.3 is 6.09 Å². The van der Waals surface area contributed by atoms with E-state index in [-0.39, 0.29) is 12.3 Å². The SMILES string of the molecule is CC(C)(C)OC(=O)N1CCC(c2ccc(Br)s2)S(=O)(=O)CC1. The minimum Gasteiger partial charge on any atom is -0.444 e. The Morgan fingerprint density at radius 3 is 2.59 bits per heavy atom. The van der Waals surface area contributed by atoms with E-state index in [1.807, 2.05) is 12.1 Å². The van der Waals surface area contributed by atoms with Crippen molar-refractivity contribution in [3.05, 3.63) is 20.8 Å². The van der Waals surface area contributed by atoms with E-state index in [2.05, 4.69) is 15.9 Å². The summed E-state index contributed by atoms with van der Waals surface area (Å²) < 4.78 is 31.2. The molecule has 1 atom stereocenters. The highest BCUT2D eigenvalue weighted by Gasteiger charge is 2.34. The molecule has 0 aromatic carbocycles. The molecule has 1 unspecified atom stereocenters. The molecule has 5 nitrogen and oxygen atoms in total. The van der Waals surface area contributed by atoms with Crippen LogP contribution in [-0.4, -0.2) is 43.9 Å². The zero-order chi connectivity index (χ0) is 16.5. The average molecular weight is 410 g/mol. The van der Waals surface area contributed by atoms with Gasteiger partial charge in [0.2, 0.25) is 0 Å². The molecule has 1 fully saturated rings. The fourth-order valence-electron chi connectivity index (χ4n) is 2.27. The van der Waals surface area contributed by atoms with Crippen LogP contribution < -0.4 is 0 Å². The molecule has 124 valence electrons. The van der Waals surface area contributed by atoms with E-state index in [1.165, 1.54) is 16.2 Å². The summed E-state index contributed by atoms with van der Waals surface area (Å²) in [6.45, 7) is 5.96. The summed E-state index contributed by atoms with van der Waals surface area (Å²) in [5.74, 6) is -0.0353. The van der Waals surface area contributed by atoms with Gasteiger partial charge in [0.05, 0.1) is 14.8 Å². The van der Waals surface area contributed by atoms with E-state index in [9.17, 15) is 13.2 Å². The lowest BCUT2D eigenvalue weighted by Gasteiger charge is -2.26. The minimum absolute atomic E-state index is 0.0353. The van der Waals surface area contributed by atoms with Crippen molar-refractivity contribution in [2.45, 2.75) is 38.0 Å². The van der Waals surface area contributed by atoms with Crippen LogP contribution in [0.1, 0.15) is 37.3 Å². The van der Waals surface area contributed by atoms with E-state index in [0.29, 0.717) is 13.0 Å². The summed E-state index contributed by atoms with van der Waals surface area (Å²) in [6.07, 6.45) is -0.0511. The van der Waals surface area contributed by atoms with Crippen LogP contribution in [0.5, 0.6) is 0 Å². The third-order valence-corrected chi connectivity index (χ3v) is 7.30. The lowest BCUT2D eigenvalue weighted by atomic mass is 10.2. The number of nitrogens with zero attached hydrogens (tertiary/aromatic N) is 1. The molecule has 1 aliphatic rings. The van der Waals surface area contributed by atoms with Crippen molar-refractivity contribution < 1.29 is 17.9 Å². The number of hydrogen-bond donors (Lipinski definition) is 0. The standard InChI is InChI=1S/C14H20BrNO4S2/c1-14(2,3)20-13(17)16-7-6-11(22(18,19)9-8-16)10-4-5-12(15)21-10/h4-5,11H,6-9H2,1-3H3. The molecule has 0 radical (unpaired) electrons. The smallest absolute Gasteiger partial charge is 0.410 e. The number of amides is 1. The number of halogens is 1. The average Bonchev–Trinajstić information content (AvgIpc) is 2.69. The van der Waals surface area contributed by atoms with Crippen molar-refractivity contribution in [3.8, 4) is 0 Å². The topological polar surface area (TPSA) is 63.7 Å². The van der Waals surface area contributed by atoms with Gasteiger partial charge < -0.3 is 9.64 Å². The molecule has 2 rings (SSSR count). The molecular formula is C14H20BrNO4S2. The molecule has 22 heavy (non-hydrogen) atoms. The molecule has 0 bridgehead atoms. The second kappa shape index (κ2) is 6.49. The second-order valence-electron chi connectivity index (χ2n) is 6.25. The van der Waals surface area contributed by atoms with Crippen LogP contribution in [0.2, 0.25) is 0 Å². The minimum atomic E-state index is -3.27. The Morgan fingerprint density at radius 2 is 2.05 bits per heavy atom. The Hall–Kier alpha value is -0.600. The molecule has 8 heteroatoms. The number of thiophene rings is 1. The second-order valence-corrected chi connectivity index (χ2v) is 11.1. The van der Waals surface area contributed by atoms with Crippen molar-refractivity contribution in [2.75, 3.05) is 18.8 Å². The maximum Gasteiger partial charge on any atom is 0.410 e. The lowest BCUT2D eigenvalue weighted by molar-refractivity contribution is 0.0263. The maximum atomic E-state index is 12.5. The van der Waals surface area contributed by atoms with Crippen molar-refractivity contribution in [1.29, 1.82) is 0 Å². The molecule has 1 aromatic rings. The fourth-order valence-corrected chi connectivity index (χ4v) is 5.95. The van der Waals surface area contributed by atoms with Crippen LogP contribution in [0.15, 0.2) is 15.9 Å². The van der Waals surface area contributed by atoms with Crippen LogP contribution >= 0.6 is 27.3 Å². The van der Waals surface area contributed by atoms with E-state index in [1.54, 1.807) is 20.8 Å². The summed E-state index contributed by atoms with van der Waals surface area (Å²) in [5.41, 5.74) is -0.583. The molecular weight excluding hydrogens is 390 g/mol. The van der Waals surface area contributed by atoms with Crippen molar-refractivity contribution in [3.63, 3.8) is 0 Å². The molecule has 1 aromatic heterocycles. The van der Waals surface area contributed by atoms with Gasteiger partial charge in [0.1, 0.15) is 5.60 Å². The van der Waals surface area contributed by atoms with Crippen LogP contribution in [0.3, 0.4) is 0 Å². The highest BCUT2D eigenvalue weighted by atomic mass is 79.9. The van der Waals surface area contributed by atoms with E-state index in [4.69, 9.17) is 4.74 Å². The van der Waals surface area contributed by atoms with Gasteiger partial charge in [-0.3, -0.25) is 0 Å². The first-order valence-electron chi connectivity index (χ1n) is 7.03. The lowest BCUT2D eigenvalue weighted by Crippen LogP contribution is -2.38. The van der Waals surface area contributed by atoms with Gasteiger partial charge in [0.25, 0.3) is 0 Å². The highest BCUT2D eigenvalue weighted by molar-refractivity contribution is 9.11. The van der Waals surface area contributed by atoms with Gasteiger partial charge in [0, 0.05) is 18.0 Å². The fraction of sp³-hybridized carbons (Fsp3) is 0.643. The first-order chi connectivity index (χ1) is 10.1. The van der Waals surface area contributed by atoms with Crippen molar-refractivity contribution in [1.82, 2.24) is 4.90 Å². The maximum absolute atomic E-state index is 12.5. The van der Waals surface area contributed by atoms with Crippen molar-refractivity contribution in [2.24, 2.45) is 0 Å². The predicted octanol–water partition coefficient (Wildman–Crippen LogP) is 3.61. The third kappa shape index (κ3) is 4.45. The van der Waals surface area contributed by atoms with E-state index in [0.717, 1.165) is 8.66 Å². The molecule has 0 N–H and O–H groups in total. The Balaban J connectivity index is 2.14. The number of carbonyl (C=O) groups is 1. The summed E-state index contributed by atoms with van der Waals surface area (Å²) in [4.78, 5) is 14.4. The molecule has 0 spiro atoms. The molecule has 1 aliphatic heterocycles. The largest absolute Gasteiger partial charge is 0.444 e. The van der Waals surface area contributed by atoms with Gasteiger partial charge in [-0.2, -0.15) is 0 Å². The normalized spacial score (nSPS) is 22.2. The van der Waals surface area contributed by atoms with Gasteiger partial charge in [-0.25, -0.2) is 13.2 Å². The van der Waals surface area contributed by atoms with Crippen LogP contribution in [-0.2, 0) is 14.6 Å². The first kappa shape index (κ1) is 17.7. The number of sulfone groups is 1.